The van der Waals surface area contributed by atoms with Crippen molar-refractivity contribution >= 4 is 34.8 Å². The summed E-state index contributed by atoms with van der Waals surface area (Å²) >= 11 is 6.14. The molecule has 0 heterocycles. The average molecular weight is 423 g/mol. The zero-order valence-corrected chi connectivity index (χ0v) is 17.4. The molecule has 0 unspecified atom stereocenters. The molecule has 2 amide bonds. The van der Waals surface area contributed by atoms with Gasteiger partial charge in [-0.2, -0.15) is 0 Å². The highest BCUT2D eigenvalue weighted by Gasteiger charge is 2.11. The second-order valence-electron chi connectivity index (χ2n) is 6.70. The van der Waals surface area contributed by atoms with Crippen LogP contribution in [0.1, 0.15) is 35.7 Å². The van der Waals surface area contributed by atoms with Crippen molar-refractivity contribution in [3.63, 3.8) is 0 Å². The molecule has 154 valence electrons. The van der Waals surface area contributed by atoms with Gasteiger partial charge in [-0.3, -0.25) is 9.59 Å². The highest BCUT2D eigenvalue weighted by Crippen LogP contribution is 2.23. The number of anilines is 2. The van der Waals surface area contributed by atoms with Gasteiger partial charge in [-0.15, -0.1) is 0 Å². The van der Waals surface area contributed by atoms with Crippen LogP contribution in [0.25, 0.3) is 0 Å². The van der Waals surface area contributed by atoms with Gasteiger partial charge in [-0.1, -0.05) is 48.9 Å². The normalized spacial score (nSPS) is 10.3. The third kappa shape index (κ3) is 5.84. The zero-order chi connectivity index (χ0) is 21.3. The second-order valence-corrected chi connectivity index (χ2v) is 7.11. The predicted molar refractivity (Wildman–Crippen MR) is 120 cm³/mol. The molecule has 0 saturated heterocycles. The summed E-state index contributed by atoms with van der Waals surface area (Å²) in [5.74, 6) is 0.280. The van der Waals surface area contributed by atoms with Gasteiger partial charge in [0, 0.05) is 22.6 Å². The maximum atomic E-state index is 12.6. The number of hydrogen-bond acceptors (Lipinski definition) is 3. The summed E-state index contributed by atoms with van der Waals surface area (Å²) in [6.45, 7) is 2.28. The number of carbonyl (C=O) groups excluding carboxylic acids is 2. The van der Waals surface area contributed by atoms with E-state index in [2.05, 4.69) is 10.6 Å². The van der Waals surface area contributed by atoms with Crippen molar-refractivity contribution in [2.45, 2.75) is 26.4 Å². The van der Waals surface area contributed by atoms with Crippen LogP contribution in [0.2, 0.25) is 5.02 Å². The van der Waals surface area contributed by atoms with Gasteiger partial charge < -0.3 is 15.4 Å². The molecule has 0 aliphatic carbocycles. The van der Waals surface area contributed by atoms with Gasteiger partial charge in [0.2, 0.25) is 5.91 Å². The smallest absolute Gasteiger partial charge is 0.255 e. The molecule has 0 aliphatic rings. The fourth-order valence-corrected chi connectivity index (χ4v) is 3.00. The van der Waals surface area contributed by atoms with Crippen molar-refractivity contribution in [3.8, 4) is 5.75 Å². The van der Waals surface area contributed by atoms with E-state index in [-0.39, 0.29) is 11.8 Å². The molecule has 0 atom stereocenters. The minimum absolute atomic E-state index is 0.0841. The van der Waals surface area contributed by atoms with Crippen LogP contribution >= 0.6 is 11.6 Å². The van der Waals surface area contributed by atoms with Crippen molar-refractivity contribution in [2.75, 3.05) is 10.6 Å². The molecule has 3 rings (SSSR count). The van der Waals surface area contributed by atoms with E-state index in [1.165, 1.54) is 0 Å². The van der Waals surface area contributed by atoms with Gasteiger partial charge in [-0.05, 0) is 48.9 Å². The van der Waals surface area contributed by atoms with Gasteiger partial charge in [0.25, 0.3) is 5.91 Å². The Hall–Kier alpha value is -3.31. The number of nitrogens with one attached hydrogen (secondary N) is 2. The maximum absolute atomic E-state index is 12.6. The molecule has 3 aromatic carbocycles. The highest BCUT2D eigenvalue weighted by atomic mass is 35.5. The Morgan fingerprint density at radius 2 is 1.50 bits per heavy atom. The third-order valence-electron chi connectivity index (χ3n) is 4.40. The molecular weight excluding hydrogens is 400 g/mol. The van der Waals surface area contributed by atoms with E-state index >= 15 is 0 Å². The van der Waals surface area contributed by atoms with Crippen LogP contribution in [0.3, 0.4) is 0 Å². The fourth-order valence-electron chi connectivity index (χ4n) is 2.81. The SMILES string of the molecule is CCCC(=O)Nc1ccccc1NC(=O)c1ccc(OCc2ccccc2Cl)cc1. The Morgan fingerprint density at radius 1 is 0.867 bits per heavy atom. The van der Waals surface area contributed by atoms with E-state index in [0.29, 0.717) is 40.7 Å². The summed E-state index contributed by atoms with van der Waals surface area (Å²) in [4.78, 5) is 24.5. The molecule has 0 aliphatic heterocycles. The lowest BCUT2D eigenvalue weighted by molar-refractivity contribution is -0.116. The molecule has 0 spiro atoms. The maximum Gasteiger partial charge on any atom is 0.255 e. The van der Waals surface area contributed by atoms with E-state index in [9.17, 15) is 9.59 Å². The van der Waals surface area contributed by atoms with Gasteiger partial charge in [0.1, 0.15) is 12.4 Å². The molecule has 0 radical (unpaired) electrons. The largest absolute Gasteiger partial charge is 0.489 e. The topological polar surface area (TPSA) is 67.4 Å². The molecule has 30 heavy (non-hydrogen) atoms. The van der Waals surface area contributed by atoms with Crippen LogP contribution in [-0.2, 0) is 11.4 Å². The standard InChI is InChI=1S/C24H23ClN2O3/c1-2-7-23(28)26-21-10-5-6-11-22(21)27-24(29)17-12-14-19(15-13-17)30-16-18-8-3-4-9-20(18)25/h3-6,8-15H,2,7,16H2,1H3,(H,26,28)(H,27,29). The number of benzene rings is 3. The first-order chi connectivity index (χ1) is 14.6. The summed E-state index contributed by atoms with van der Waals surface area (Å²) in [7, 11) is 0. The number of para-hydroxylation sites is 2. The van der Waals surface area contributed by atoms with Crippen molar-refractivity contribution in [3.05, 3.63) is 88.9 Å². The minimum atomic E-state index is -0.273. The molecule has 5 nitrogen and oxygen atoms in total. The van der Waals surface area contributed by atoms with E-state index in [0.717, 1.165) is 12.0 Å². The first kappa shape index (κ1) is 21.4. The molecule has 6 heteroatoms. The van der Waals surface area contributed by atoms with Crippen molar-refractivity contribution in [1.82, 2.24) is 0 Å². The summed E-state index contributed by atoms with van der Waals surface area (Å²) < 4.78 is 5.75. The van der Waals surface area contributed by atoms with Gasteiger partial charge in [-0.25, -0.2) is 0 Å². The lowest BCUT2D eigenvalue weighted by Gasteiger charge is -2.12. The quantitative estimate of drug-likeness (QED) is 0.474. The molecule has 0 fully saturated rings. The molecule has 0 saturated carbocycles. The number of amides is 2. The van der Waals surface area contributed by atoms with Crippen LogP contribution in [0.5, 0.6) is 5.75 Å². The van der Waals surface area contributed by atoms with E-state index in [1.54, 1.807) is 42.5 Å². The number of ether oxygens (including phenoxy) is 1. The van der Waals surface area contributed by atoms with Crippen LogP contribution in [0, 0.1) is 0 Å². The minimum Gasteiger partial charge on any atom is -0.489 e. The number of carbonyl (C=O) groups is 2. The first-order valence-electron chi connectivity index (χ1n) is 9.73. The first-order valence-corrected chi connectivity index (χ1v) is 10.1. The van der Waals surface area contributed by atoms with E-state index in [1.807, 2.05) is 37.3 Å². The van der Waals surface area contributed by atoms with Crippen LogP contribution in [0.4, 0.5) is 11.4 Å². The number of hydrogen-bond donors (Lipinski definition) is 2. The summed E-state index contributed by atoms with van der Waals surface area (Å²) in [5, 5.41) is 6.33. The third-order valence-corrected chi connectivity index (χ3v) is 4.76. The Kier molecular flexibility index (Phi) is 7.46. The average Bonchev–Trinajstić information content (AvgIpc) is 2.75. The Morgan fingerprint density at radius 3 is 2.17 bits per heavy atom. The van der Waals surface area contributed by atoms with Crippen LogP contribution in [0.15, 0.2) is 72.8 Å². The molecular formula is C24H23ClN2O3. The zero-order valence-electron chi connectivity index (χ0n) is 16.7. The second kappa shape index (κ2) is 10.5. The Bertz CT molecular complexity index is 1020. The summed E-state index contributed by atoms with van der Waals surface area (Å²) in [5.41, 5.74) is 2.49. The summed E-state index contributed by atoms with van der Waals surface area (Å²) in [6, 6.07) is 21.5. The monoisotopic (exact) mass is 422 g/mol. The number of halogens is 1. The van der Waals surface area contributed by atoms with E-state index < -0.39 is 0 Å². The highest BCUT2D eigenvalue weighted by molar-refractivity contribution is 6.31. The van der Waals surface area contributed by atoms with Crippen molar-refractivity contribution in [2.24, 2.45) is 0 Å². The lowest BCUT2D eigenvalue weighted by atomic mass is 10.2. The van der Waals surface area contributed by atoms with Gasteiger partial charge >= 0.3 is 0 Å². The van der Waals surface area contributed by atoms with Crippen LogP contribution in [-0.4, -0.2) is 11.8 Å². The number of rotatable bonds is 8. The Labute approximate surface area is 181 Å². The lowest BCUT2D eigenvalue weighted by Crippen LogP contribution is -2.16. The molecule has 0 aromatic heterocycles. The molecule has 2 N–H and O–H groups in total. The molecule has 0 bridgehead atoms. The Balaban J connectivity index is 1.63. The fraction of sp³-hybridized carbons (Fsp3) is 0.167. The van der Waals surface area contributed by atoms with Gasteiger partial charge in [0.15, 0.2) is 0 Å². The van der Waals surface area contributed by atoms with Gasteiger partial charge in [0.05, 0.1) is 11.4 Å². The van der Waals surface area contributed by atoms with Crippen molar-refractivity contribution in [1.29, 1.82) is 0 Å². The van der Waals surface area contributed by atoms with Crippen molar-refractivity contribution < 1.29 is 14.3 Å². The summed E-state index contributed by atoms with van der Waals surface area (Å²) in [6.07, 6.45) is 1.18. The predicted octanol–water partition coefficient (Wildman–Crippen LogP) is 5.91. The molecule has 3 aromatic rings. The van der Waals surface area contributed by atoms with E-state index in [4.69, 9.17) is 16.3 Å². The van der Waals surface area contributed by atoms with Crippen LogP contribution < -0.4 is 15.4 Å².